The summed E-state index contributed by atoms with van der Waals surface area (Å²) < 4.78 is 5.20. The summed E-state index contributed by atoms with van der Waals surface area (Å²) in [6, 6.07) is 8.89. The monoisotopic (exact) mass is 273 g/mol. The lowest BCUT2D eigenvalue weighted by molar-refractivity contribution is -0.122. The normalized spacial score (nSPS) is 17.0. The van der Waals surface area contributed by atoms with Crippen LogP contribution in [0.1, 0.15) is 32.1 Å². The zero-order chi connectivity index (χ0) is 14.4. The van der Waals surface area contributed by atoms with E-state index in [-0.39, 0.29) is 12.5 Å². The van der Waals surface area contributed by atoms with E-state index < -0.39 is 5.54 Å². The number of hydrogen-bond donors (Lipinski definition) is 2. The molecule has 1 aliphatic carbocycles. The van der Waals surface area contributed by atoms with E-state index in [0.29, 0.717) is 11.4 Å². The Bertz CT molecular complexity index is 516. The molecule has 2 rings (SSSR count). The molecule has 0 aliphatic heterocycles. The zero-order valence-corrected chi connectivity index (χ0v) is 11.4. The lowest BCUT2D eigenvalue weighted by Crippen LogP contribution is -2.52. The number of anilines is 1. The summed E-state index contributed by atoms with van der Waals surface area (Å²) in [6.45, 7) is -0.0156. The van der Waals surface area contributed by atoms with Crippen LogP contribution in [0.4, 0.5) is 5.69 Å². The van der Waals surface area contributed by atoms with E-state index in [0.717, 1.165) is 32.1 Å². The molecule has 20 heavy (non-hydrogen) atoms. The van der Waals surface area contributed by atoms with Gasteiger partial charge in [0.15, 0.2) is 6.61 Å². The molecule has 0 bridgehead atoms. The smallest absolute Gasteiger partial charge is 0.244 e. The zero-order valence-electron chi connectivity index (χ0n) is 11.4. The van der Waals surface area contributed by atoms with Gasteiger partial charge in [0.25, 0.3) is 0 Å². The van der Waals surface area contributed by atoms with Crippen LogP contribution in [0.15, 0.2) is 24.3 Å². The van der Waals surface area contributed by atoms with Crippen molar-refractivity contribution in [3.8, 4) is 11.8 Å². The van der Waals surface area contributed by atoms with Crippen molar-refractivity contribution in [2.75, 3.05) is 11.9 Å². The molecule has 5 nitrogen and oxygen atoms in total. The predicted octanol–water partition coefficient (Wildman–Crippen LogP) is 2.19. The van der Waals surface area contributed by atoms with Crippen LogP contribution in [0.2, 0.25) is 0 Å². The van der Waals surface area contributed by atoms with Gasteiger partial charge in [0, 0.05) is 11.8 Å². The number of amides is 1. The van der Waals surface area contributed by atoms with Crippen molar-refractivity contribution in [2.45, 2.75) is 37.6 Å². The molecular weight excluding hydrogens is 254 g/mol. The van der Waals surface area contributed by atoms with Crippen LogP contribution in [0, 0.1) is 11.3 Å². The van der Waals surface area contributed by atoms with Gasteiger partial charge in [-0.05, 0) is 25.0 Å². The van der Waals surface area contributed by atoms with Gasteiger partial charge in [0.05, 0.1) is 5.54 Å². The first-order valence-corrected chi connectivity index (χ1v) is 6.84. The van der Waals surface area contributed by atoms with Gasteiger partial charge in [-0.15, -0.1) is 0 Å². The number of carbonyl (C=O) groups excluding carboxylic acids is 1. The summed E-state index contributed by atoms with van der Waals surface area (Å²) in [7, 11) is 0. The third-order valence-corrected chi connectivity index (χ3v) is 3.59. The number of nitrogens with two attached hydrogens (primary N) is 1. The topological polar surface area (TPSA) is 88.1 Å². The number of hydrogen-bond acceptors (Lipinski definition) is 4. The van der Waals surface area contributed by atoms with Gasteiger partial charge in [-0.2, -0.15) is 5.26 Å². The van der Waals surface area contributed by atoms with Gasteiger partial charge in [0.1, 0.15) is 11.8 Å². The molecule has 3 N–H and O–H groups in total. The number of nitrogens with zero attached hydrogens (tertiary/aromatic N) is 1. The average Bonchev–Trinajstić information content (AvgIpc) is 2.46. The van der Waals surface area contributed by atoms with E-state index in [2.05, 4.69) is 5.32 Å². The number of nitriles is 1. The van der Waals surface area contributed by atoms with Crippen molar-refractivity contribution in [1.29, 1.82) is 5.26 Å². The van der Waals surface area contributed by atoms with E-state index in [4.69, 9.17) is 15.7 Å². The fourth-order valence-corrected chi connectivity index (χ4v) is 2.44. The highest BCUT2D eigenvalue weighted by Crippen LogP contribution is 2.27. The maximum absolute atomic E-state index is 12.3. The number of nitrogens with one attached hydrogen (secondary N) is 1. The molecule has 1 saturated carbocycles. The molecule has 1 aliphatic rings. The summed E-state index contributed by atoms with van der Waals surface area (Å²) in [5.74, 6) is 0.411. The van der Waals surface area contributed by atoms with E-state index in [1.807, 2.05) is 6.07 Å². The largest absolute Gasteiger partial charge is 0.479 e. The number of carbonyl (C=O) groups is 1. The second-order valence-corrected chi connectivity index (χ2v) is 5.15. The lowest BCUT2D eigenvalue weighted by Gasteiger charge is -2.31. The molecule has 5 heteroatoms. The van der Waals surface area contributed by atoms with Crippen LogP contribution in [0.25, 0.3) is 0 Å². The first-order chi connectivity index (χ1) is 9.64. The lowest BCUT2D eigenvalue weighted by atomic mass is 9.82. The first-order valence-electron chi connectivity index (χ1n) is 6.84. The summed E-state index contributed by atoms with van der Waals surface area (Å²) in [4.78, 5) is 12.3. The molecule has 0 atom stereocenters. The third kappa shape index (κ3) is 3.49. The number of benzene rings is 1. The van der Waals surface area contributed by atoms with Crippen LogP contribution in [0.3, 0.4) is 0 Å². The molecule has 0 spiro atoms. The van der Waals surface area contributed by atoms with Crippen LogP contribution in [-0.2, 0) is 4.79 Å². The third-order valence-electron chi connectivity index (χ3n) is 3.59. The summed E-state index contributed by atoms with van der Waals surface area (Å²) in [6.07, 6.45) is 4.58. The quantitative estimate of drug-likeness (QED) is 0.880. The fourth-order valence-electron chi connectivity index (χ4n) is 2.44. The SMILES string of the molecule is N#CCOc1cccc(NC(=O)C2(N)CCCCC2)c1. The molecule has 106 valence electrons. The van der Waals surface area contributed by atoms with E-state index in [1.54, 1.807) is 24.3 Å². The van der Waals surface area contributed by atoms with Crippen molar-refractivity contribution in [1.82, 2.24) is 0 Å². The average molecular weight is 273 g/mol. The van der Waals surface area contributed by atoms with Crippen LogP contribution in [0.5, 0.6) is 5.75 Å². The Labute approximate surface area is 118 Å². The second kappa shape index (κ2) is 6.40. The highest BCUT2D eigenvalue weighted by Gasteiger charge is 2.35. The van der Waals surface area contributed by atoms with Gasteiger partial charge >= 0.3 is 0 Å². The first kappa shape index (κ1) is 14.4. The Morgan fingerprint density at radius 3 is 2.85 bits per heavy atom. The Morgan fingerprint density at radius 1 is 1.40 bits per heavy atom. The summed E-state index contributed by atoms with van der Waals surface area (Å²) in [5.41, 5.74) is 6.06. The minimum absolute atomic E-state index is 0.0156. The van der Waals surface area contributed by atoms with Crippen molar-refractivity contribution in [2.24, 2.45) is 5.73 Å². The predicted molar refractivity (Wildman–Crippen MR) is 76.2 cm³/mol. The summed E-state index contributed by atoms with van der Waals surface area (Å²) >= 11 is 0. The van der Waals surface area contributed by atoms with Crippen LogP contribution >= 0.6 is 0 Å². The van der Waals surface area contributed by atoms with Crippen molar-refractivity contribution < 1.29 is 9.53 Å². The van der Waals surface area contributed by atoms with E-state index >= 15 is 0 Å². The number of rotatable bonds is 4. The van der Waals surface area contributed by atoms with Gasteiger partial charge in [-0.3, -0.25) is 4.79 Å². The standard InChI is InChI=1S/C15H19N3O2/c16-9-10-20-13-6-4-5-12(11-13)18-14(19)15(17)7-2-1-3-8-15/h4-6,11H,1-3,7-8,10,17H2,(H,18,19). The Balaban J connectivity index is 2.02. The highest BCUT2D eigenvalue weighted by molar-refractivity contribution is 5.98. The fraction of sp³-hybridized carbons (Fsp3) is 0.467. The molecule has 0 saturated heterocycles. The second-order valence-electron chi connectivity index (χ2n) is 5.15. The Kier molecular flexibility index (Phi) is 4.59. The van der Waals surface area contributed by atoms with Gasteiger partial charge in [-0.25, -0.2) is 0 Å². The number of ether oxygens (including phenoxy) is 1. The van der Waals surface area contributed by atoms with Crippen molar-refractivity contribution in [3.05, 3.63) is 24.3 Å². The molecule has 0 heterocycles. The van der Waals surface area contributed by atoms with Crippen molar-refractivity contribution in [3.63, 3.8) is 0 Å². The Morgan fingerprint density at radius 2 is 2.15 bits per heavy atom. The van der Waals surface area contributed by atoms with Crippen LogP contribution in [-0.4, -0.2) is 18.1 Å². The minimum atomic E-state index is -0.762. The highest BCUT2D eigenvalue weighted by atomic mass is 16.5. The maximum atomic E-state index is 12.3. The molecular formula is C15H19N3O2. The van der Waals surface area contributed by atoms with Gasteiger partial charge in [-0.1, -0.05) is 25.3 Å². The molecule has 1 aromatic rings. The molecule has 0 aromatic heterocycles. The van der Waals surface area contributed by atoms with E-state index in [9.17, 15) is 4.79 Å². The van der Waals surface area contributed by atoms with E-state index in [1.165, 1.54) is 0 Å². The molecule has 0 radical (unpaired) electrons. The summed E-state index contributed by atoms with van der Waals surface area (Å²) in [5, 5.41) is 11.3. The van der Waals surface area contributed by atoms with Gasteiger partial charge in [0.2, 0.25) is 5.91 Å². The van der Waals surface area contributed by atoms with Crippen LogP contribution < -0.4 is 15.8 Å². The van der Waals surface area contributed by atoms with Gasteiger partial charge < -0.3 is 15.8 Å². The molecule has 0 unspecified atom stereocenters. The maximum Gasteiger partial charge on any atom is 0.244 e. The molecule has 1 amide bonds. The molecule has 1 aromatic carbocycles. The minimum Gasteiger partial charge on any atom is -0.479 e. The molecule has 1 fully saturated rings. The Hall–Kier alpha value is -2.06. The van der Waals surface area contributed by atoms with Crippen molar-refractivity contribution >= 4 is 11.6 Å².